The third-order valence-electron chi connectivity index (χ3n) is 4.23. The summed E-state index contributed by atoms with van der Waals surface area (Å²) in [5.41, 5.74) is 10.8. The Morgan fingerprint density at radius 1 is 1.25 bits per heavy atom. The number of nitrogens with zero attached hydrogens (tertiary/aromatic N) is 1. The summed E-state index contributed by atoms with van der Waals surface area (Å²) in [6.45, 7) is 1.90. The van der Waals surface area contributed by atoms with Gasteiger partial charge in [0.2, 0.25) is 0 Å². The van der Waals surface area contributed by atoms with Gasteiger partial charge in [0.1, 0.15) is 6.04 Å². The summed E-state index contributed by atoms with van der Waals surface area (Å²) in [4.78, 5) is 12.2. The van der Waals surface area contributed by atoms with E-state index in [1.807, 2.05) is 37.3 Å². The minimum Gasteiger partial charge on any atom is -0.271 e. The maximum Gasteiger partial charge on any atom is 0.258 e. The molecule has 106 valence electrons. The fraction of sp³-hybridized carbons (Fsp3) is 0.467. The summed E-state index contributed by atoms with van der Waals surface area (Å²) < 4.78 is 0. The number of hydrazine groups is 1. The molecule has 1 saturated carbocycles. The van der Waals surface area contributed by atoms with E-state index < -0.39 is 0 Å². The van der Waals surface area contributed by atoms with Gasteiger partial charge in [0, 0.05) is 12.0 Å². The highest BCUT2D eigenvalue weighted by Crippen LogP contribution is 2.31. The molecule has 3 atom stereocenters. The van der Waals surface area contributed by atoms with Gasteiger partial charge in [-0.3, -0.25) is 10.2 Å². The quantitative estimate of drug-likeness (QED) is 0.571. The van der Waals surface area contributed by atoms with E-state index in [1.165, 1.54) is 6.42 Å². The van der Waals surface area contributed by atoms with E-state index in [9.17, 15) is 4.79 Å². The molecule has 2 aliphatic rings. The summed E-state index contributed by atoms with van der Waals surface area (Å²) >= 11 is 0. The zero-order valence-corrected chi connectivity index (χ0v) is 11.6. The summed E-state index contributed by atoms with van der Waals surface area (Å²) in [7, 11) is 0. The van der Waals surface area contributed by atoms with E-state index in [2.05, 4.69) is 21.4 Å². The molecule has 20 heavy (non-hydrogen) atoms. The Morgan fingerprint density at radius 2 is 2.05 bits per heavy atom. The molecule has 3 rings (SSSR count). The first-order valence-electron chi connectivity index (χ1n) is 7.16. The van der Waals surface area contributed by atoms with E-state index in [0.29, 0.717) is 12.0 Å². The molecule has 5 nitrogen and oxygen atoms in total. The molecular formula is C15H20N4O. The molecule has 0 radical (unpaired) electrons. The second-order valence-electron chi connectivity index (χ2n) is 5.51. The van der Waals surface area contributed by atoms with E-state index in [4.69, 9.17) is 0 Å². The molecule has 0 spiro atoms. The van der Waals surface area contributed by atoms with Crippen molar-refractivity contribution in [3.63, 3.8) is 0 Å². The predicted octanol–water partition coefficient (Wildman–Crippen LogP) is 1.17. The summed E-state index contributed by atoms with van der Waals surface area (Å²) in [5.74, 6) is 0.337. The van der Waals surface area contributed by atoms with Crippen molar-refractivity contribution in [3.8, 4) is 0 Å². The Morgan fingerprint density at radius 3 is 2.85 bits per heavy atom. The highest BCUT2D eigenvalue weighted by atomic mass is 16.2. The van der Waals surface area contributed by atoms with Crippen LogP contribution in [0.25, 0.3) is 0 Å². The van der Waals surface area contributed by atoms with Gasteiger partial charge in [-0.15, -0.1) is 0 Å². The van der Waals surface area contributed by atoms with Crippen molar-refractivity contribution in [2.45, 2.75) is 38.3 Å². The van der Waals surface area contributed by atoms with Crippen LogP contribution in [0.2, 0.25) is 0 Å². The Labute approximate surface area is 118 Å². The Balaban J connectivity index is 1.62. The molecule has 1 amide bonds. The maximum absolute atomic E-state index is 12.2. The molecular weight excluding hydrogens is 252 g/mol. The molecule has 1 heterocycles. The lowest BCUT2D eigenvalue weighted by Gasteiger charge is -2.14. The highest BCUT2D eigenvalue weighted by molar-refractivity contribution is 5.99. The van der Waals surface area contributed by atoms with E-state index in [1.54, 1.807) is 0 Å². The molecule has 1 saturated heterocycles. The van der Waals surface area contributed by atoms with Crippen molar-refractivity contribution in [3.05, 3.63) is 35.9 Å². The molecule has 3 N–H and O–H groups in total. The van der Waals surface area contributed by atoms with Gasteiger partial charge in [-0.1, -0.05) is 36.8 Å². The number of hydrogen-bond donors (Lipinski definition) is 3. The lowest BCUT2D eigenvalue weighted by atomic mass is 9.97. The number of carbonyl (C=O) groups excluding carboxylic acids is 1. The van der Waals surface area contributed by atoms with Gasteiger partial charge in [0.05, 0.1) is 5.71 Å². The summed E-state index contributed by atoms with van der Waals surface area (Å²) in [6, 6.07) is 10.1. The number of hydrazone groups is 1. The maximum atomic E-state index is 12.2. The molecule has 1 aliphatic carbocycles. The highest BCUT2D eigenvalue weighted by Gasteiger charge is 2.42. The first kappa shape index (κ1) is 13.3. The standard InChI is InChI=1S/C15H20N4O/c1-10(11-6-3-2-4-7-11)16-19-15(20)14-12-8-5-9-13(12)17-18-14/h2-4,6-7,12-14,17-18H,5,8-9H2,1H3,(H,19,20)/b16-10+. The molecule has 1 aliphatic heterocycles. The molecule has 5 heteroatoms. The number of fused-ring (bicyclic) bond motifs is 1. The first-order valence-corrected chi connectivity index (χ1v) is 7.16. The number of amides is 1. The summed E-state index contributed by atoms with van der Waals surface area (Å²) in [5, 5.41) is 4.20. The van der Waals surface area contributed by atoms with Crippen LogP contribution >= 0.6 is 0 Å². The number of rotatable bonds is 3. The van der Waals surface area contributed by atoms with Crippen molar-refractivity contribution < 1.29 is 4.79 Å². The zero-order chi connectivity index (χ0) is 13.9. The van der Waals surface area contributed by atoms with Crippen LogP contribution in [0.1, 0.15) is 31.7 Å². The number of carbonyl (C=O) groups is 1. The van der Waals surface area contributed by atoms with Crippen LogP contribution < -0.4 is 16.3 Å². The summed E-state index contributed by atoms with van der Waals surface area (Å²) in [6.07, 6.45) is 3.44. The van der Waals surface area contributed by atoms with Gasteiger partial charge < -0.3 is 0 Å². The average Bonchev–Trinajstić information content (AvgIpc) is 3.08. The van der Waals surface area contributed by atoms with Gasteiger partial charge in [-0.05, 0) is 25.3 Å². The predicted molar refractivity (Wildman–Crippen MR) is 78.0 cm³/mol. The molecule has 0 aromatic heterocycles. The first-order chi connectivity index (χ1) is 9.75. The lowest BCUT2D eigenvalue weighted by Crippen LogP contribution is -2.44. The van der Waals surface area contributed by atoms with Crippen molar-refractivity contribution in [2.75, 3.05) is 0 Å². The van der Waals surface area contributed by atoms with Gasteiger partial charge in [-0.25, -0.2) is 10.9 Å². The van der Waals surface area contributed by atoms with Crippen LogP contribution in [-0.2, 0) is 4.79 Å². The Kier molecular flexibility index (Phi) is 3.80. The molecule has 0 bridgehead atoms. The molecule has 3 unspecified atom stereocenters. The third kappa shape index (κ3) is 2.59. The molecule has 1 aromatic rings. The second-order valence-corrected chi connectivity index (χ2v) is 5.51. The van der Waals surface area contributed by atoms with Gasteiger partial charge in [0.15, 0.2) is 0 Å². The van der Waals surface area contributed by atoms with Gasteiger partial charge in [-0.2, -0.15) is 5.10 Å². The smallest absolute Gasteiger partial charge is 0.258 e. The number of nitrogens with one attached hydrogen (secondary N) is 3. The van der Waals surface area contributed by atoms with Crippen molar-refractivity contribution in [1.82, 2.24) is 16.3 Å². The normalized spacial score (nSPS) is 29.2. The molecule has 2 fully saturated rings. The Bertz CT molecular complexity index is 514. The number of hydrogen-bond acceptors (Lipinski definition) is 4. The van der Waals surface area contributed by atoms with E-state index >= 15 is 0 Å². The topological polar surface area (TPSA) is 65.5 Å². The second kappa shape index (κ2) is 5.73. The van der Waals surface area contributed by atoms with Crippen LogP contribution in [0.15, 0.2) is 35.4 Å². The van der Waals surface area contributed by atoms with Crippen LogP contribution in [-0.4, -0.2) is 23.7 Å². The fourth-order valence-corrected chi connectivity index (χ4v) is 3.08. The number of benzene rings is 1. The fourth-order valence-electron chi connectivity index (χ4n) is 3.08. The van der Waals surface area contributed by atoms with Crippen molar-refractivity contribution in [2.24, 2.45) is 11.0 Å². The van der Waals surface area contributed by atoms with Crippen LogP contribution in [0.4, 0.5) is 0 Å². The minimum absolute atomic E-state index is 0.0535. The van der Waals surface area contributed by atoms with E-state index in [-0.39, 0.29) is 11.9 Å². The Hall–Kier alpha value is -1.72. The molecule has 1 aromatic carbocycles. The zero-order valence-electron chi connectivity index (χ0n) is 11.6. The van der Waals surface area contributed by atoms with Gasteiger partial charge >= 0.3 is 0 Å². The van der Waals surface area contributed by atoms with Crippen LogP contribution in [0, 0.1) is 5.92 Å². The van der Waals surface area contributed by atoms with Crippen LogP contribution in [0.5, 0.6) is 0 Å². The average molecular weight is 272 g/mol. The van der Waals surface area contributed by atoms with E-state index in [0.717, 1.165) is 24.1 Å². The minimum atomic E-state index is -0.171. The SMILES string of the molecule is C/C(=N\NC(=O)C1NNC2CCCC21)c1ccccc1. The van der Waals surface area contributed by atoms with Gasteiger partial charge in [0.25, 0.3) is 5.91 Å². The van der Waals surface area contributed by atoms with Crippen molar-refractivity contribution in [1.29, 1.82) is 0 Å². The van der Waals surface area contributed by atoms with Crippen molar-refractivity contribution >= 4 is 11.6 Å². The largest absolute Gasteiger partial charge is 0.271 e. The monoisotopic (exact) mass is 272 g/mol. The van der Waals surface area contributed by atoms with Crippen LogP contribution in [0.3, 0.4) is 0 Å². The lowest BCUT2D eigenvalue weighted by molar-refractivity contribution is -0.123. The third-order valence-corrected chi connectivity index (χ3v) is 4.23.